The molecule has 0 spiro atoms. The molecule has 0 fully saturated rings. The first-order valence-corrected chi connectivity index (χ1v) is 3.64. The molecule has 0 heterocycles. The Morgan fingerprint density at radius 1 is 1.50 bits per heavy atom. The Bertz CT molecular complexity index is 76.0. The summed E-state index contributed by atoms with van der Waals surface area (Å²) in [7, 11) is 5.81. The van der Waals surface area contributed by atoms with Gasteiger partial charge in [-0.2, -0.15) is 0 Å². The molecule has 0 bridgehead atoms. The molecule has 0 aromatic heterocycles. The van der Waals surface area contributed by atoms with Crippen LogP contribution >= 0.6 is 0 Å². The summed E-state index contributed by atoms with van der Waals surface area (Å²) in [6.45, 7) is 1.64. The van der Waals surface area contributed by atoms with E-state index < -0.39 is 0 Å². The van der Waals surface area contributed by atoms with Gasteiger partial charge in [0, 0.05) is 6.54 Å². The number of hydrogen-bond acceptors (Lipinski definition) is 3. The molecular formula is C7H18N2O. The molecule has 0 rings (SSSR count). The molecule has 1 unspecified atom stereocenters. The first-order valence-electron chi connectivity index (χ1n) is 3.64. The third-order valence-corrected chi connectivity index (χ3v) is 1.30. The number of aliphatic hydroxyl groups excluding tert-OH is 1. The van der Waals surface area contributed by atoms with Gasteiger partial charge in [0.15, 0.2) is 0 Å². The molecule has 0 aliphatic heterocycles. The number of likely N-dealkylation sites (N-methyl/N-ethyl adjacent to an activating group) is 1. The summed E-state index contributed by atoms with van der Waals surface area (Å²) in [6, 6.07) is 0. The van der Waals surface area contributed by atoms with Crippen molar-refractivity contribution in [1.82, 2.24) is 10.2 Å². The highest BCUT2D eigenvalue weighted by molar-refractivity contribution is 4.59. The molecule has 2 N–H and O–H groups in total. The van der Waals surface area contributed by atoms with Gasteiger partial charge in [-0.15, -0.1) is 0 Å². The molecule has 0 aliphatic carbocycles. The number of hydrogen-bond donors (Lipinski definition) is 2. The van der Waals surface area contributed by atoms with Crippen LogP contribution in [-0.4, -0.2) is 50.3 Å². The SMILES string of the molecule is CNCCC(O)CN(C)C. The topological polar surface area (TPSA) is 35.5 Å². The second-order valence-electron chi connectivity index (χ2n) is 2.81. The third kappa shape index (κ3) is 6.01. The van der Waals surface area contributed by atoms with E-state index in [4.69, 9.17) is 0 Å². The van der Waals surface area contributed by atoms with Crippen LogP contribution in [0.25, 0.3) is 0 Å². The lowest BCUT2D eigenvalue weighted by Gasteiger charge is -2.15. The largest absolute Gasteiger partial charge is 0.392 e. The Labute approximate surface area is 63.0 Å². The molecule has 3 nitrogen and oxygen atoms in total. The van der Waals surface area contributed by atoms with Crippen LogP contribution in [0, 0.1) is 0 Å². The first kappa shape index (κ1) is 9.88. The van der Waals surface area contributed by atoms with Crippen LogP contribution in [-0.2, 0) is 0 Å². The normalized spacial score (nSPS) is 14.1. The summed E-state index contributed by atoms with van der Waals surface area (Å²) in [6.07, 6.45) is 0.636. The van der Waals surface area contributed by atoms with Crippen molar-refractivity contribution in [3.8, 4) is 0 Å². The van der Waals surface area contributed by atoms with Crippen LogP contribution in [0.5, 0.6) is 0 Å². The number of rotatable bonds is 5. The average Bonchev–Trinajstić information content (AvgIpc) is 1.82. The quantitative estimate of drug-likeness (QED) is 0.550. The maximum absolute atomic E-state index is 9.27. The van der Waals surface area contributed by atoms with Crippen molar-refractivity contribution in [2.75, 3.05) is 34.2 Å². The van der Waals surface area contributed by atoms with Gasteiger partial charge in [-0.1, -0.05) is 0 Å². The Morgan fingerprint density at radius 3 is 2.50 bits per heavy atom. The molecule has 1 atom stereocenters. The highest BCUT2D eigenvalue weighted by Gasteiger charge is 2.02. The molecule has 0 saturated carbocycles. The number of nitrogens with zero attached hydrogens (tertiary/aromatic N) is 1. The van der Waals surface area contributed by atoms with E-state index in [9.17, 15) is 5.11 Å². The molecule has 3 heteroatoms. The van der Waals surface area contributed by atoms with Gasteiger partial charge in [0.2, 0.25) is 0 Å². The minimum atomic E-state index is -0.192. The van der Waals surface area contributed by atoms with Crippen molar-refractivity contribution in [2.45, 2.75) is 12.5 Å². The van der Waals surface area contributed by atoms with E-state index in [0.717, 1.165) is 19.5 Å². The average molecular weight is 146 g/mol. The zero-order chi connectivity index (χ0) is 7.98. The highest BCUT2D eigenvalue weighted by atomic mass is 16.3. The van der Waals surface area contributed by atoms with Crippen molar-refractivity contribution < 1.29 is 5.11 Å². The third-order valence-electron chi connectivity index (χ3n) is 1.30. The Balaban J connectivity index is 3.16. The van der Waals surface area contributed by atoms with E-state index in [-0.39, 0.29) is 6.10 Å². The molecule has 62 valence electrons. The summed E-state index contributed by atoms with van der Waals surface area (Å²) < 4.78 is 0. The van der Waals surface area contributed by atoms with Crippen molar-refractivity contribution in [2.24, 2.45) is 0 Å². The molecule has 0 aromatic carbocycles. The van der Waals surface area contributed by atoms with Gasteiger partial charge < -0.3 is 15.3 Å². The lowest BCUT2D eigenvalue weighted by atomic mass is 10.2. The van der Waals surface area contributed by atoms with Crippen molar-refractivity contribution in [1.29, 1.82) is 0 Å². The van der Waals surface area contributed by atoms with Crippen LogP contribution < -0.4 is 5.32 Å². The van der Waals surface area contributed by atoms with Gasteiger partial charge in [-0.05, 0) is 34.1 Å². The number of aliphatic hydroxyl groups is 1. The molecule has 0 saturated heterocycles. The van der Waals surface area contributed by atoms with Gasteiger partial charge in [-0.3, -0.25) is 0 Å². The second-order valence-corrected chi connectivity index (χ2v) is 2.81. The highest BCUT2D eigenvalue weighted by Crippen LogP contribution is 1.90. The van der Waals surface area contributed by atoms with E-state index in [1.54, 1.807) is 0 Å². The number of nitrogens with one attached hydrogen (secondary N) is 1. The van der Waals surface area contributed by atoms with E-state index >= 15 is 0 Å². The van der Waals surface area contributed by atoms with Crippen LogP contribution in [0.1, 0.15) is 6.42 Å². The van der Waals surface area contributed by atoms with Crippen molar-refractivity contribution in [3.63, 3.8) is 0 Å². The van der Waals surface area contributed by atoms with Crippen molar-refractivity contribution in [3.05, 3.63) is 0 Å². The van der Waals surface area contributed by atoms with Crippen molar-refractivity contribution >= 4 is 0 Å². The van der Waals surface area contributed by atoms with Crippen LogP contribution in [0.4, 0.5) is 0 Å². The summed E-state index contributed by atoms with van der Waals surface area (Å²) in [5.74, 6) is 0. The van der Waals surface area contributed by atoms with E-state index in [1.165, 1.54) is 0 Å². The first-order chi connectivity index (χ1) is 4.66. The van der Waals surface area contributed by atoms with E-state index in [1.807, 2.05) is 26.0 Å². The zero-order valence-electron chi connectivity index (χ0n) is 7.09. The van der Waals surface area contributed by atoms with Gasteiger partial charge in [-0.25, -0.2) is 0 Å². The fraction of sp³-hybridized carbons (Fsp3) is 1.00. The van der Waals surface area contributed by atoms with Gasteiger partial charge >= 0.3 is 0 Å². The Kier molecular flexibility index (Phi) is 5.58. The monoisotopic (exact) mass is 146 g/mol. The fourth-order valence-electron chi connectivity index (χ4n) is 0.824. The van der Waals surface area contributed by atoms with Gasteiger partial charge in [0.1, 0.15) is 0 Å². The molecule has 0 amide bonds. The second kappa shape index (κ2) is 5.65. The molecule has 0 aromatic rings. The van der Waals surface area contributed by atoms with Gasteiger partial charge in [0.05, 0.1) is 6.10 Å². The minimum absolute atomic E-state index is 0.192. The lowest BCUT2D eigenvalue weighted by Crippen LogP contribution is -2.28. The van der Waals surface area contributed by atoms with Crippen LogP contribution in [0.15, 0.2) is 0 Å². The van der Waals surface area contributed by atoms with E-state index in [0.29, 0.717) is 0 Å². The van der Waals surface area contributed by atoms with Crippen LogP contribution in [0.3, 0.4) is 0 Å². The lowest BCUT2D eigenvalue weighted by molar-refractivity contribution is 0.128. The molecule has 10 heavy (non-hydrogen) atoms. The summed E-state index contributed by atoms with van der Waals surface area (Å²) in [5.41, 5.74) is 0. The fourth-order valence-corrected chi connectivity index (χ4v) is 0.824. The summed E-state index contributed by atoms with van der Waals surface area (Å²) in [4.78, 5) is 1.99. The minimum Gasteiger partial charge on any atom is -0.392 e. The Hall–Kier alpha value is -0.120. The molecule has 0 aliphatic rings. The molecular weight excluding hydrogens is 128 g/mol. The Morgan fingerprint density at radius 2 is 2.10 bits per heavy atom. The zero-order valence-corrected chi connectivity index (χ0v) is 7.09. The summed E-state index contributed by atoms with van der Waals surface area (Å²) >= 11 is 0. The van der Waals surface area contributed by atoms with Gasteiger partial charge in [0.25, 0.3) is 0 Å². The van der Waals surface area contributed by atoms with Crippen LogP contribution in [0.2, 0.25) is 0 Å². The predicted molar refractivity (Wildman–Crippen MR) is 43.1 cm³/mol. The maximum atomic E-state index is 9.27. The standard InChI is InChI=1S/C7H18N2O/c1-8-5-4-7(10)6-9(2)3/h7-8,10H,4-6H2,1-3H3. The van der Waals surface area contributed by atoms with E-state index in [2.05, 4.69) is 5.32 Å². The molecule has 0 radical (unpaired) electrons. The summed E-state index contributed by atoms with van der Waals surface area (Å²) in [5, 5.41) is 12.3. The smallest absolute Gasteiger partial charge is 0.0679 e. The predicted octanol–water partition coefficient (Wildman–Crippen LogP) is -0.482. The maximum Gasteiger partial charge on any atom is 0.0679 e.